The third kappa shape index (κ3) is 3.44. The summed E-state index contributed by atoms with van der Waals surface area (Å²) in [5.41, 5.74) is 4.49. The SMILES string of the molecule is Cc1ccc(-c2onc(CNC(C)(C)C)c2C)cc1. The van der Waals surface area contributed by atoms with Crippen LogP contribution in [-0.4, -0.2) is 10.7 Å². The molecule has 0 radical (unpaired) electrons. The molecule has 0 saturated heterocycles. The lowest BCUT2D eigenvalue weighted by Gasteiger charge is -2.19. The molecule has 0 amide bonds. The highest BCUT2D eigenvalue weighted by Gasteiger charge is 2.16. The minimum atomic E-state index is 0.0788. The average molecular weight is 258 g/mol. The van der Waals surface area contributed by atoms with Gasteiger partial charge in [0.1, 0.15) is 5.69 Å². The van der Waals surface area contributed by atoms with Crippen LogP contribution < -0.4 is 5.32 Å². The van der Waals surface area contributed by atoms with Crippen molar-refractivity contribution in [2.45, 2.75) is 46.7 Å². The first-order chi connectivity index (χ1) is 8.87. The molecule has 1 aromatic heterocycles. The van der Waals surface area contributed by atoms with E-state index in [4.69, 9.17) is 4.52 Å². The van der Waals surface area contributed by atoms with Gasteiger partial charge in [-0.05, 0) is 34.6 Å². The molecule has 3 nitrogen and oxygen atoms in total. The van der Waals surface area contributed by atoms with Gasteiger partial charge in [-0.2, -0.15) is 0 Å². The van der Waals surface area contributed by atoms with E-state index in [1.807, 2.05) is 0 Å². The number of aromatic nitrogens is 1. The summed E-state index contributed by atoms with van der Waals surface area (Å²) in [7, 11) is 0. The Morgan fingerprint density at radius 2 is 1.74 bits per heavy atom. The molecular formula is C16H22N2O. The van der Waals surface area contributed by atoms with E-state index in [1.54, 1.807) is 0 Å². The molecule has 0 bridgehead atoms. The minimum Gasteiger partial charge on any atom is -0.356 e. The van der Waals surface area contributed by atoms with Crippen LogP contribution in [-0.2, 0) is 6.54 Å². The molecule has 0 unspecified atom stereocenters. The highest BCUT2D eigenvalue weighted by Crippen LogP contribution is 2.26. The molecular weight excluding hydrogens is 236 g/mol. The Balaban J connectivity index is 2.20. The van der Waals surface area contributed by atoms with Gasteiger partial charge >= 0.3 is 0 Å². The third-order valence-corrected chi connectivity index (χ3v) is 3.12. The van der Waals surface area contributed by atoms with Gasteiger partial charge in [0.2, 0.25) is 0 Å². The normalized spacial score (nSPS) is 11.8. The molecule has 0 spiro atoms. The van der Waals surface area contributed by atoms with E-state index in [1.165, 1.54) is 5.56 Å². The maximum absolute atomic E-state index is 5.50. The Labute approximate surface area is 115 Å². The van der Waals surface area contributed by atoms with Crippen molar-refractivity contribution in [1.82, 2.24) is 10.5 Å². The number of benzene rings is 1. The van der Waals surface area contributed by atoms with Crippen LogP contribution in [0.15, 0.2) is 28.8 Å². The zero-order valence-corrected chi connectivity index (χ0v) is 12.4. The van der Waals surface area contributed by atoms with Gasteiger partial charge < -0.3 is 9.84 Å². The summed E-state index contributed by atoms with van der Waals surface area (Å²) in [5, 5.41) is 7.61. The molecule has 3 heteroatoms. The van der Waals surface area contributed by atoms with Gasteiger partial charge in [-0.15, -0.1) is 0 Å². The van der Waals surface area contributed by atoms with Gasteiger partial charge in [-0.1, -0.05) is 35.0 Å². The molecule has 0 atom stereocenters. The minimum absolute atomic E-state index is 0.0788. The van der Waals surface area contributed by atoms with E-state index in [2.05, 4.69) is 69.4 Å². The first-order valence-corrected chi connectivity index (χ1v) is 6.64. The second-order valence-corrected chi connectivity index (χ2v) is 6.05. The topological polar surface area (TPSA) is 38.1 Å². The smallest absolute Gasteiger partial charge is 0.170 e. The van der Waals surface area contributed by atoms with Gasteiger partial charge in [0.15, 0.2) is 5.76 Å². The highest BCUT2D eigenvalue weighted by molar-refractivity contribution is 5.61. The first kappa shape index (κ1) is 13.8. The summed E-state index contributed by atoms with van der Waals surface area (Å²) >= 11 is 0. The number of nitrogens with one attached hydrogen (secondary N) is 1. The van der Waals surface area contributed by atoms with E-state index in [0.717, 1.165) is 29.1 Å². The molecule has 102 valence electrons. The molecule has 1 N–H and O–H groups in total. The zero-order valence-electron chi connectivity index (χ0n) is 12.4. The van der Waals surface area contributed by atoms with Crippen LogP contribution in [0.25, 0.3) is 11.3 Å². The maximum atomic E-state index is 5.50. The molecule has 2 rings (SSSR count). The largest absolute Gasteiger partial charge is 0.356 e. The number of rotatable bonds is 3. The second-order valence-electron chi connectivity index (χ2n) is 6.05. The van der Waals surface area contributed by atoms with Crippen LogP contribution in [0.1, 0.15) is 37.6 Å². The lowest BCUT2D eigenvalue weighted by molar-refractivity contribution is 0.392. The van der Waals surface area contributed by atoms with E-state index in [9.17, 15) is 0 Å². The van der Waals surface area contributed by atoms with Crippen LogP contribution >= 0.6 is 0 Å². The van der Waals surface area contributed by atoms with Crippen molar-refractivity contribution >= 4 is 0 Å². The summed E-state index contributed by atoms with van der Waals surface area (Å²) in [6.45, 7) is 11.3. The fraction of sp³-hybridized carbons (Fsp3) is 0.438. The van der Waals surface area contributed by atoms with Crippen molar-refractivity contribution in [3.63, 3.8) is 0 Å². The molecule has 0 aliphatic rings. The number of hydrogen-bond acceptors (Lipinski definition) is 3. The molecule has 1 heterocycles. The van der Waals surface area contributed by atoms with Crippen LogP contribution in [0.4, 0.5) is 0 Å². The number of aryl methyl sites for hydroxylation is 1. The molecule has 0 aliphatic carbocycles. The maximum Gasteiger partial charge on any atom is 0.170 e. The van der Waals surface area contributed by atoms with Gasteiger partial charge in [-0.25, -0.2) is 0 Å². The standard InChI is InChI=1S/C16H22N2O/c1-11-6-8-13(9-7-11)15-12(2)14(18-19-15)10-17-16(3,4)5/h6-9,17H,10H2,1-5H3. The predicted molar refractivity (Wildman–Crippen MR) is 78.0 cm³/mol. The van der Waals surface area contributed by atoms with Gasteiger partial charge in [0, 0.05) is 23.2 Å². The van der Waals surface area contributed by atoms with Crippen LogP contribution in [0.3, 0.4) is 0 Å². The zero-order chi connectivity index (χ0) is 14.0. The Morgan fingerprint density at radius 3 is 2.32 bits per heavy atom. The van der Waals surface area contributed by atoms with E-state index in [0.29, 0.717) is 0 Å². The average Bonchev–Trinajstić information content (AvgIpc) is 2.68. The molecule has 0 aliphatic heterocycles. The number of hydrogen-bond donors (Lipinski definition) is 1. The van der Waals surface area contributed by atoms with Crippen molar-refractivity contribution in [2.24, 2.45) is 0 Å². The van der Waals surface area contributed by atoms with Gasteiger partial charge in [0.05, 0.1) is 0 Å². The van der Waals surface area contributed by atoms with Crippen molar-refractivity contribution < 1.29 is 4.52 Å². The lowest BCUT2D eigenvalue weighted by atomic mass is 10.1. The number of nitrogens with zero attached hydrogens (tertiary/aromatic N) is 1. The van der Waals surface area contributed by atoms with Crippen molar-refractivity contribution in [1.29, 1.82) is 0 Å². The Hall–Kier alpha value is -1.61. The first-order valence-electron chi connectivity index (χ1n) is 6.64. The fourth-order valence-corrected chi connectivity index (χ4v) is 1.86. The third-order valence-electron chi connectivity index (χ3n) is 3.12. The summed E-state index contributed by atoms with van der Waals surface area (Å²) < 4.78 is 5.50. The highest BCUT2D eigenvalue weighted by atomic mass is 16.5. The summed E-state index contributed by atoms with van der Waals surface area (Å²) in [6, 6.07) is 8.32. The molecule has 0 fully saturated rings. The lowest BCUT2D eigenvalue weighted by Crippen LogP contribution is -2.35. The molecule has 2 aromatic rings. The van der Waals surface area contributed by atoms with Crippen molar-refractivity contribution in [3.05, 3.63) is 41.1 Å². The molecule has 0 saturated carbocycles. The predicted octanol–water partition coefficient (Wildman–Crippen LogP) is 3.85. The quantitative estimate of drug-likeness (QED) is 0.908. The Kier molecular flexibility index (Phi) is 3.76. The summed E-state index contributed by atoms with van der Waals surface area (Å²) in [5.74, 6) is 0.866. The Morgan fingerprint density at radius 1 is 1.11 bits per heavy atom. The van der Waals surface area contributed by atoms with Crippen molar-refractivity contribution in [2.75, 3.05) is 0 Å². The van der Waals surface area contributed by atoms with E-state index >= 15 is 0 Å². The van der Waals surface area contributed by atoms with E-state index in [-0.39, 0.29) is 5.54 Å². The van der Waals surface area contributed by atoms with Gasteiger partial charge in [-0.3, -0.25) is 0 Å². The van der Waals surface area contributed by atoms with Crippen LogP contribution in [0.5, 0.6) is 0 Å². The van der Waals surface area contributed by atoms with Crippen molar-refractivity contribution in [3.8, 4) is 11.3 Å². The van der Waals surface area contributed by atoms with E-state index < -0.39 is 0 Å². The second kappa shape index (κ2) is 5.17. The monoisotopic (exact) mass is 258 g/mol. The molecule has 1 aromatic carbocycles. The summed E-state index contributed by atoms with van der Waals surface area (Å²) in [4.78, 5) is 0. The van der Waals surface area contributed by atoms with Gasteiger partial charge in [0.25, 0.3) is 0 Å². The van der Waals surface area contributed by atoms with Crippen LogP contribution in [0, 0.1) is 13.8 Å². The van der Waals surface area contributed by atoms with Crippen LogP contribution in [0.2, 0.25) is 0 Å². The Bertz CT molecular complexity index is 547. The summed E-state index contributed by atoms with van der Waals surface area (Å²) in [6.07, 6.45) is 0. The molecule has 19 heavy (non-hydrogen) atoms. The fourth-order valence-electron chi connectivity index (χ4n) is 1.86.